The highest BCUT2D eigenvalue weighted by atomic mass is 16.1. The minimum atomic E-state index is 0.220. The molecule has 0 aromatic heterocycles. The van der Waals surface area contributed by atoms with Crippen LogP contribution >= 0.6 is 0 Å². The molecule has 0 saturated heterocycles. The fourth-order valence-electron chi connectivity index (χ4n) is 1.70. The zero-order chi connectivity index (χ0) is 10.1. The Bertz CT molecular complexity index is 187. The molecule has 1 aliphatic heterocycles. The van der Waals surface area contributed by atoms with E-state index < -0.39 is 0 Å². The van der Waals surface area contributed by atoms with Gasteiger partial charge in [0.05, 0.1) is 0 Å². The van der Waals surface area contributed by atoms with Gasteiger partial charge in [0.25, 0.3) is 0 Å². The van der Waals surface area contributed by atoms with Gasteiger partial charge in [0.2, 0.25) is 5.91 Å². The van der Waals surface area contributed by atoms with Crippen molar-refractivity contribution in [1.82, 2.24) is 5.32 Å². The molecule has 0 spiro atoms. The summed E-state index contributed by atoms with van der Waals surface area (Å²) in [7, 11) is 0. The molecule has 1 heterocycles. The van der Waals surface area contributed by atoms with E-state index in [1.165, 1.54) is 32.1 Å². The molecule has 0 fully saturated rings. The number of carbonyl (C=O) groups excluding carboxylic acids is 1. The van der Waals surface area contributed by atoms with E-state index in [9.17, 15) is 4.79 Å². The van der Waals surface area contributed by atoms with Crippen molar-refractivity contribution in [3.05, 3.63) is 12.2 Å². The molecule has 0 aromatic rings. The average Bonchev–Trinajstić information content (AvgIpc) is 2.20. The van der Waals surface area contributed by atoms with Crippen LogP contribution in [-0.4, -0.2) is 12.5 Å². The first kappa shape index (κ1) is 11.3. The Balaban J connectivity index is 2.23. The summed E-state index contributed by atoms with van der Waals surface area (Å²) < 4.78 is 0. The van der Waals surface area contributed by atoms with Crippen LogP contribution in [0.25, 0.3) is 0 Å². The topological polar surface area (TPSA) is 29.1 Å². The second-order valence-corrected chi connectivity index (χ2v) is 3.92. The second kappa shape index (κ2) is 7.60. The molecule has 14 heavy (non-hydrogen) atoms. The van der Waals surface area contributed by atoms with Gasteiger partial charge in [-0.3, -0.25) is 4.79 Å². The van der Waals surface area contributed by atoms with Gasteiger partial charge < -0.3 is 5.32 Å². The predicted molar refractivity (Wildman–Crippen MR) is 59.1 cm³/mol. The number of amides is 1. The van der Waals surface area contributed by atoms with Gasteiger partial charge in [-0.15, -0.1) is 0 Å². The van der Waals surface area contributed by atoms with Crippen molar-refractivity contribution in [2.75, 3.05) is 6.54 Å². The van der Waals surface area contributed by atoms with E-state index >= 15 is 0 Å². The summed E-state index contributed by atoms with van der Waals surface area (Å²) in [5, 5.41) is 2.93. The van der Waals surface area contributed by atoms with Crippen LogP contribution in [-0.2, 0) is 4.79 Å². The van der Waals surface area contributed by atoms with Crippen molar-refractivity contribution in [2.24, 2.45) is 0 Å². The van der Waals surface area contributed by atoms with E-state index in [1.807, 2.05) is 0 Å². The highest BCUT2D eigenvalue weighted by Crippen LogP contribution is 2.08. The van der Waals surface area contributed by atoms with Crippen LogP contribution in [0.4, 0.5) is 0 Å². The Morgan fingerprint density at radius 1 is 0.929 bits per heavy atom. The SMILES string of the molecule is O=C1CCCCCCCC=CCCN1. The molecule has 0 bridgehead atoms. The van der Waals surface area contributed by atoms with Crippen molar-refractivity contribution >= 4 is 5.91 Å². The summed E-state index contributed by atoms with van der Waals surface area (Å²) in [6.45, 7) is 0.801. The monoisotopic (exact) mass is 195 g/mol. The highest BCUT2D eigenvalue weighted by Gasteiger charge is 1.99. The van der Waals surface area contributed by atoms with E-state index in [-0.39, 0.29) is 5.91 Å². The van der Waals surface area contributed by atoms with E-state index in [1.54, 1.807) is 0 Å². The van der Waals surface area contributed by atoms with Gasteiger partial charge in [-0.05, 0) is 25.7 Å². The van der Waals surface area contributed by atoms with Crippen molar-refractivity contribution in [2.45, 2.75) is 51.4 Å². The lowest BCUT2D eigenvalue weighted by Crippen LogP contribution is -2.23. The number of hydrogen-bond donors (Lipinski definition) is 1. The summed E-state index contributed by atoms with van der Waals surface area (Å²) in [6, 6.07) is 0. The van der Waals surface area contributed by atoms with E-state index in [0.29, 0.717) is 6.42 Å². The smallest absolute Gasteiger partial charge is 0.220 e. The van der Waals surface area contributed by atoms with Crippen LogP contribution in [0.3, 0.4) is 0 Å². The Morgan fingerprint density at radius 3 is 2.57 bits per heavy atom. The Labute approximate surface area is 86.8 Å². The maximum Gasteiger partial charge on any atom is 0.220 e. The Hall–Kier alpha value is -0.790. The van der Waals surface area contributed by atoms with Gasteiger partial charge >= 0.3 is 0 Å². The number of hydrogen-bond acceptors (Lipinski definition) is 1. The normalized spacial score (nSPS) is 21.6. The number of rotatable bonds is 0. The first-order valence-corrected chi connectivity index (χ1v) is 5.81. The van der Waals surface area contributed by atoms with Crippen LogP contribution in [0.5, 0.6) is 0 Å². The fourth-order valence-corrected chi connectivity index (χ4v) is 1.70. The molecule has 1 amide bonds. The van der Waals surface area contributed by atoms with Gasteiger partial charge in [0.1, 0.15) is 0 Å². The van der Waals surface area contributed by atoms with Crippen molar-refractivity contribution in [1.29, 1.82) is 0 Å². The molecule has 80 valence electrons. The summed E-state index contributed by atoms with van der Waals surface area (Å²) in [6.07, 6.45) is 13.5. The summed E-state index contributed by atoms with van der Waals surface area (Å²) >= 11 is 0. The molecule has 0 radical (unpaired) electrons. The standard InChI is InChI=1S/C12H21NO/c14-12-10-8-6-4-2-1-3-5-7-9-11-13-12/h5,7H,1-4,6,8-11H2,(H,13,14). The maximum atomic E-state index is 11.2. The number of nitrogens with one attached hydrogen (secondary N) is 1. The van der Waals surface area contributed by atoms with Gasteiger partial charge in [-0.25, -0.2) is 0 Å². The molecule has 1 aliphatic rings. The Kier molecular flexibility index (Phi) is 6.13. The molecule has 2 heteroatoms. The fraction of sp³-hybridized carbons (Fsp3) is 0.750. The van der Waals surface area contributed by atoms with Crippen molar-refractivity contribution < 1.29 is 4.79 Å². The highest BCUT2D eigenvalue weighted by molar-refractivity contribution is 5.75. The van der Waals surface area contributed by atoms with Crippen LogP contribution in [0.1, 0.15) is 51.4 Å². The molecular formula is C12H21NO. The molecule has 0 atom stereocenters. The first-order chi connectivity index (χ1) is 6.89. The molecular weight excluding hydrogens is 174 g/mol. The van der Waals surface area contributed by atoms with Crippen LogP contribution in [0, 0.1) is 0 Å². The first-order valence-electron chi connectivity index (χ1n) is 5.81. The van der Waals surface area contributed by atoms with Crippen molar-refractivity contribution in [3.63, 3.8) is 0 Å². The van der Waals surface area contributed by atoms with E-state index in [0.717, 1.165) is 19.4 Å². The summed E-state index contributed by atoms with van der Waals surface area (Å²) in [5.41, 5.74) is 0. The van der Waals surface area contributed by atoms with Gasteiger partial charge in [-0.1, -0.05) is 31.4 Å². The maximum absolute atomic E-state index is 11.2. The van der Waals surface area contributed by atoms with Crippen molar-refractivity contribution in [3.8, 4) is 0 Å². The largest absolute Gasteiger partial charge is 0.356 e. The minimum absolute atomic E-state index is 0.220. The third kappa shape index (κ3) is 5.79. The lowest BCUT2D eigenvalue weighted by molar-refractivity contribution is -0.121. The lowest BCUT2D eigenvalue weighted by Gasteiger charge is -2.02. The third-order valence-corrected chi connectivity index (χ3v) is 2.57. The zero-order valence-corrected chi connectivity index (χ0v) is 8.93. The Morgan fingerprint density at radius 2 is 1.64 bits per heavy atom. The molecule has 0 unspecified atom stereocenters. The van der Waals surface area contributed by atoms with Gasteiger partial charge in [0.15, 0.2) is 0 Å². The number of carbonyl (C=O) groups is 1. The molecule has 0 aliphatic carbocycles. The molecule has 0 saturated carbocycles. The molecule has 0 aromatic carbocycles. The average molecular weight is 195 g/mol. The van der Waals surface area contributed by atoms with Crippen LogP contribution in [0.2, 0.25) is 0 Å². The van der Waals surface area contributed by atoms with Gasteiger partial charge in [0, 0.05) is 13.0 Å². The molecule has 1 rings (SSSR count). The van der Waals surface area contributed by atoms with E-state index in [4.69, 9.17) is 0 Å². The van der Waals surface area contributed by atoms with Gasteiger partial charge in [-0.2, -0.15) is 0 Å². The van der Waals surface area contributed by atoms with E-state index in [2.05, 4.69) is 17.5 Å². The van der Waals surface area contributed by atoms with Crippen LogP contribution < -0.4 is 5.32 Å². The van der Waals surface area contributed by atoms with Crippen LogP contribution in [0.15, 0.2) is 12.2 Å². The summed E-state index contributed by atoms with van der Waals surface area (Å²) in [5.74, 6) is 0.220. The number of allylic oxidation sites excluding steroid dienone is 1. The molecule has 2 nitrogen and oxygen atoms in total. The quantitative estimate of drug-likeness (QED) is 0.592. The summed E-state index contributed by atoms with van der Waals surface area (Å²) in [4.78, 5) is 11.2. The third-order valence-electron chi connectivity index (χ3n) is 2.57. The predicted octanol–water partition coefficient (Wildman–Crippen LogP) is 2.79. The molecule has 1 N–H and O–H groups in total. The zero-order valence-electron chi connectivity index (χ0n) is 8.93. The lowest BCUT2D eigenvalue weighted by atomic mass is 10.1. The minimum Gasteiger partial charge on any atom is -0.356 e. The second-order valence-electron chi connectivity index (χ2n) is 3.92.